The van der Waals surface area contributed by atoms with Crippen molar-refractivity contribution in [1.29, 1.82) is 0 Å². The summed E-state index contributed by atoms with van der Waals surface area (Å²) in [6, 6.07) is 14.1. The van der Waals surface area contributed by atoms with Gasteiger partial charge in [-0.3, -0.25) is 9.89 Å². The van der Waals surface area contributed by atoms with Gasteiger partial charge in [-0.2, -0.15) is 0 Å². The van der Waals surface area contributed by atoms with Crippen LogP contribution in [0.1, 0.15) is 30.0 Å². The second-order valence-corrected chi connectivity index (χ2v) is 6.71. The minimum absolute atomic E-state index is 0. The molecule has 0 saturated carbocycles. The van der Waals surface area contributed by atoms with E-state index in [1.165, 1.54) is 24.5 Å². The summed E-state index contributed by atoms with van der Waals surface area (Å²) in [6.07, 6.45) is 2.43. The largest absolute Gasteiger partial charge is 0.354 e. The van der Waals surface area contributed by atoms with Crippen LogP contribution in [0.3, 0.4) is 0 Å². The highest BCUT2D eigenvalue weighted by atomic mass is 127. The van der Waals surface area contributed by atoms with E-state index in [1.54, 1.807) is 7.05 Å². The number of guanidine groups is 1. The van der Waals surface area contributed by atoms with Gasteiger partial charge in [0.25, 0.3) is 0 Å². The first-order valence-electron chi connectivity index (χ1n) is 9.35. The van der Waals surface area contributed by atoms with Crippen molar-refractivity contribution in [1.82, 2.24) is 15.5 Å². The predicted molar refractivity (Wildman–Crippen MR) is 120 cm³/mol. The number of hydrogen-bond donors (Lipinski definition) is 2. The summed E-state index contributed by atoms with van der Waals surface area (Å²) in [5.74, 6) is -0.313. The first-order chi connectivity index (χ1) is 13.2. The molecule has 0 aliphatic carbocycles. The maximum absolute atomic E-state index is 13.8. The normalized spacial score (nSPS) is 15.8. The molecule has 3 rings (SSSR count). The zero-order valence-corrected chi connectivity index (χ0v) is 18.3. The van der Waals surface area contributed by atoms with Crippen LogP contribution in [0.4, 0.5) is 8.78 Å². The van der Waals surface area contributed by atoms with Gasteiger partial charge in [-0.05, 0) is 49.7 Å². The third kappa shape index (κ3) is 6.13. The van der Waals surface area contributed by atoms with Crippen LogP contribution in [-0.4, -0.2) is 37.5 Å². The number of nitrogens with zero attached hydrogens (tertiary/aromatic N) is 2. The van der Waals surface area contributed by atoms with Crippen LogP contribution in [0.2, 0.25) is 0 Å². The van der Waals surface area contributed by atoms with E-state index < -0.39 is 11.6 Å². The Labute approximate surface area is 182 Å². The molecule has 2 N–H and O–H groups in total. The van der Waals surface area contributed by atoms with E-state index >= 15 is 0 Å². The molecule has 0 amide bonds. The number of nitrogens with one attached hydrogen (secondary N) is 2. The lowest BCUT2D eigenvalue weighted by Gasteiger charge is -2.29. The average molecular weight is 500 g/mol. The van der Waals surface area contributed by atoms with Crippen molar-refractivity contribution in [2.75, 3.05) is 26.7 Å². The fourth-order valence-electron chi connectivity index (χ4n) is 3.46. The van der Waals surface area contributed by atoms with E-state index in [4.69, 9.17) is 0 Å². The van der Waals surface area contributed by atoms with Gasteiger partial charge in [-0.1, -0.05) is 30.3 Å². The van der Waals surface area contributed by atoms with Gasteiger partial charge >= 0.3 is 0 Å². The summed E-state index contributed by atoms with van der Waals surface area (Å²) in [5.41, 5.74) is 1.54. The smallest absolute Gasteiger partial charge is 0.191 e. The van der Waals surface area contributed by atoms with E-state index in [1.807, 2.05) is 6.07 Å². The standard InChI is InChI=1S/C21H26F2N4.HI/c1-24-21(25-14-17-13-18(22)9-10-19(17)23)26-15-20(27-11-5-6-12-27)16-7-3-2-4-8-16;/h2-4,7-10,13,20H,5-6,11-12,14-15H2,1H3,(H2,24,25,26);1H. The Kier molecular flexibility index (Phi) is 9.11. The van der Waals surface area contributed by atoms with Gasteiger partial charge in [0, 0.05) is 25.7 Å². The number of aliphatic imine (C=N–C) groups is 1. The third-order valence-electron chi connectivity index (χ3n) is 4.91. The number of hydrogen-bond acceptors (Lipinski definition) is 2. The van der Waals surface area contributed by atoms with Gasteiger partial charge in [-0.15, -0.1) is 24.0 Å². The summed E-state index contributed by atoms with van der Waals surface area (Å²) >= 11 is 0. The first kappa shape index (κ1) is 22.5. The fraction of sp³-hybridized carbons (Fsp3) is 0.381. The number of likely N-dealkylation sites (tertiary alicyclic amines) is 1. The maximum Gasteiger partial charge on any atom is 0.191 e. The predicted octanol–water partition coefficient (Wildman–Crippen LogP) is 4.08. The lowest BCUT2D eigenvalue weighted by atomic mass is 10.1. The highest BCUT2D eigenvalue weighted by Crippen LogP contribution is 2.24. The lowest BCUT2D eigenvalue weighted by Crippen LogP contribution is -2.42. The zero-order valence-electron chi connectivity index (χ0n) is 16.0. The SMILES string of the molecule is CN=C(NCc1cc(F)ccc1F)NCC(c1ccccc1)N1CCCC1.I. The van der Waals surface area contributed by atoms with Crippen molar-refractivity contribution in [3.05, 3.63) is 71.3 Å². The van der Waals surface area contributed by atoms with Crippen molar-refractivity contribution in [3.63, 3.8) is 0 Å². The molecule has 0 aromatic heterocycles. The van der Waals surface area contributed by atoms with Gasteiger partial charge in [-0.25, -0.2) is 8.78 Å². The monoisotopic (exact) mass is 500 g/mol. The molecule has 28 heavy (non-hydrogen) atoms. The molecule has 7 heteroatoms. The van der Waals surface area contributed by atoms with E-state index in [-0.39, 0.29) is 42.1 Å². The average Bonchev–Trinajstić information content (AvgIpc) is 3.22. The molecule has 4 nitrogen and oxygen atoms in total. The van der Waals surface area contributed by atoms with E-state index in [9.17, 15) is 8.78 Å². The lowest BCUT2D eigenvalue weighted by molar-refractivity contribution is 0.245. The van der Waals surface area contributed by atoms with E-state index in [0.29, 0.717) is 12.5 Å². The molecule has 0 spiro atoms. The maximum atomic E-state index is 13.8. The zero-order chi connectivity index (χ0) is 19.1. The molecule has 2 aromatic carbocycles. The van der Waals surface area contributed by atoms with Crippen molar-refractivity contribution in [2.45, 2.75) is 25.4 Å². The third-order valence-corrected chi connectivity index (χ3v) is 4.91. The van der Waals surface area contributed by atoms with Crippen LogP contribution in [-0.2, 0) is 6.54 Å². The van der Waals surface area contributed by atoms with Crippen LogP contribution in [0, 0.1) is 11.6 Å². The number of rotatable bonds is 6. The second kappa shape index (κ2) is 11.3. The molecule has 1 aliphatic heterocycles. The minimum atomic E-state index is -0.450. The van der Waals surface area contributed by atoms with Crippen molar-refractivity contribution in [2.24, 2.45) is 4.99 Å². The van der Waals surface area contributed by atoms with Crippen LogP contribution in [0.25, 0.3) is 0 Å². The number of benzene rings is 2. The highest BCUT2D eigenvalue weighted by Gasteiger charge is 2.23. The quantitative estimate of drug-likeness (QED) is 0.357. The molecule has 1 fully saturated rings. The molecule has 1 aliphatic rings. The Balaban J connectivity index is 0.00000280. The van der Waals surface area contributed by atoms with Crippen molar-refractivity contribution >= 4 is 29.9 Å². The Hall–Kier alpha value is -1.74. The van der Waals surface area contributed by atoms with Gasteiger partial charge < -0.3 is 10.6 Å². The van der Waals surface area contributed by atoms with E-state index in [0.717, 1.165) is 25.2 Å². The summed E-state index contributed by atoms with van der Waals surface area (Å²) in [4.78, 5) is 6.68. The van der Waals surface area contributed by atoms with Crippen LogP contribution in [0.15, 0.2) is 53.5 Å². The summed E-state index contributed by atoms with van der Waals surface area (Å²) in [5, 5.41) is 6.40. The van der Waals surface area contributed by atoms with Crippen LogP contribution < -0.4 is 10.6 Å². The van der Waals surface area contributed by atoms with Gasteiger partial charge in [0.15, 0.2) is 5.96 Å². The molecule has 1 saturated heterocycles. The first-order valence-corrected chi connectivity index (χ1v) is 9.35. The Morgan fingerprint density at radius 2 is 1.79 bits per heavy atom. The molecule has 152 valence electrons. The fourth-order valence-corrected chi connectivity index (χ4v) is 3.46. The molecule has 1 heterocycles. The molecular weight excluding hydrogens is 473 g/mol. The Morgan fingerprint density at radius 3 is 2.46 bits per heavy atom. The summed E-state index contributed by atoms with van der Waals surface area (Å²) in [6.45, 7) is 3.03. The topological polar surface area (TPSA) is 39.7 Å². The molecule has 0 bridgehead atoms. The Bertz CT molecular complexity index is 764. The van der Waals surface area contributed by atoms with Crippen LogP contribution in [0.5, 0.6) is 0 Å². The van der Waals surface area contributed by atoms with Gasteiger partial charge in [0.05, 0.1) is 6.04 Å². The molecule has 1 unspecified atom stereocenters. The minimum Gasteiger partial charge on any atom is -0.354 e. The molecule has 2 aromatic rings. The second-order valence-electron chi connectivity index (χ2n) is 6.71. The Morgan fingerprint density at radius 1 is 1.07 bits per heavy atom. The van der Waals surface area contributed by atoms with Crippen LogP contribution >= 0.6 is 24.0 Å². The molecule has 1 atom stereocenters. The van der Waals surface area contributed by atoms with E-state index in [2.05, 4.69) is 44.8 Å². The van der Waals surface area contributed by atoms with Gasteiger partial charge in [0.1, 0.15) is 11.6 Å². The van der Waals surface area contributed by atoms with Gasteiger partial charge in [0.2, 0.25) is 0 Å². The summed E-state index contributed by atoms with van der Waals surface area (Å²) < 4.78 is 27.1. The summed E-state index contributed by atoms with van der Waals surface area (Å²) in [7, 11) is 1.67. The molecule has 0 radical (unpaired) electrons. The molecular formula is C21H27F2IN4. The van der Waals surface area contributed by atoms with Crippen molar-refractivity contribution < 1.29 is 8.78 Å². The number of halogens is 3. The van der Waals surface area contributed by atoms with Crippen molar-refractivity contribution in [3.8, 4) is 0 Å². The highest BCUT2D eigenvalue weighted by molar-refractivity contribution is 14.0.